The van der Waals surface area contributed by atoms with E-state index in [-0.39, 0.29) is 5.82 Å². The van der Waals surface area contributed by atoms with E-state index in [2.05, 4.69) is 13.8 Å². The summed E-state index contributed by atoms with van der Waals surface area (Å²) in [5.41, 5.74) is 1.41. The number of fused-ring (bicyclic) bond motifs is 1. The third-order valence-corrected chi connectivity index (χ3v) is 2.47. The second kappa shape index (κ2) is 6.66. The van der Waals surface area contributed by atoms with Crippen LogP contribution in [0.15, 0.2) is 18.2 Å². The molecule has 0 aromatic heterocycles. The predicted molar refractivity (Wildman–Crippen MR) is 64.0 cm³/mol. The van der Waals surface area contributed by atoms with Crippen LogP contribution >= 0.6 is 0 Å². The molecule has 0 radical (unpaired) electrons. The van der Waals surface area contributed by atoms with Gasteiger partial charge in [0.2, 0.25) is 0 Å². The zero-order valence-electron chi connectivity index (χ0n) is 9.87. The van der Waals surface area contributed by atoms with Crippen LogP contribution in [-0.2, 0) is 11.3 Å². The quantitative estimate of drug-likeness (QED) is 0.780. The lowest BCUT2D eigenvalue weighted by atomic mass is 9.80. The molecule has 0 unspecified atom stereocenters. The van der Waals surface area contributed by atoms with Gasteiger partial charge in [0.25, 0.3) is 0 Å². The molecule has 0 spiro atoms. The summed E-state index contributed by atoms with van der Waals surface area (Å²) < 4.78 is 17.4. The average molecular weight is 224 g/mol. The summed E-state index contributed by atoms with van der Waals surface area (Å²) in [6.07, 6.45) is 4.08. The maximum absolute atomic E-state index is 12.6. The minimum absolute atomic E-state index is 0.290. The fraction of sp³-hybridized carbons (Fsp3) is 0.500. The lowest BCUT2D eigenvalue weighted by Gasteiger charge is -1.95. The highest BCUT2D eigenvalue weighted by molar-refractivity contribution is 6.61. The molecular formula is C12H18BFO2. The molecule has 0 saturated carbocycles. The number of hydrogen-bond acceptors (Lipinski definition) is 2. The molecule has 1 aliphatic heterocycles. The molecule has 4 heteroatoms. The number of halogens is 1. The summed E-state index contributed by atoms with van der Waals surface area (Å²) in [6.45, 7) is 4.72. The highest BCUT2D eigenvalue weighted by Crippen LogP contribution is 2.10. The molecule has 0 fully saturated rings. The van der Waals surface area contributed by atoms with Gasteiger partial charge < -0.3 is 9.68 Å². The SMILES string of the molecule is CCCCC.OB1OCc2cc(F)ccc21. The zero-order valence-corrected chi connectivity index (χ0v) is 9.87. The number of hydrogen-bond donors (Lipinski definition) is 1. The van der Waals surface area contributed by atoms with E-state index < -0.39 is 7.12 Å². The highest BCUT2D eigenvalue weighted by atomic mass is 19.1. The molecule has 0 saturated heterocycles. The lowest BCUT2D eigenvalue weighted by Crippen LogP contribution is -2.27. The van der Waals surface area contributed by atoms with Gasteiger partial charge in [-0.15, -0.1) is 0 Å². The smallest absolute Gasteiger partial charge is 0.423 e. The number of rotatable bonds is 2. The van der Waals surface area contributed by atoms with Crippen LogP contribution in [0.1, 0.15) is 38.7 Å². The Morgan fingerprint density at radius 2 is 2.06 bits per heavy atom. The maximum Gasteiger partial charge on any atom is 0.491 e. The van der Waals surface area contributed by atoms with Crippen molar-refractivity contribution < 1.29 is 14.1 Å². The summed E-state index contributed by atoms with van der Waals surface area (Å²) in [5, 5.41) is 9.13. The van der Waals surface area contributed by atoms with Gasteiger partial charge in [-0.25, -0.2) is 4.39 Å². The molecule has 88 valence electrons. The third kappa shape index (κ3) is 3.61. The van der Waals surface area contributed by atoms with Crippen LogP contribution in [-0.4, -0.2) is 12.1 Å². The van der Waals surface area contributed by atoms with Crippen LogP contribution in [0.5, 0.6) is 0 Å². The molecule has 2 rings (SSSR count). The van der Waals surface area contributed by atoms with Gasteiger partial charge in [-0.1, -0.05) is 39.2 Å². The van der Waals surface area contributed by atoms with Crippen LogP contribution < -0.4 is 5.46 Å². The number of benzene rings is 1. The van der Waals surface area contributed by atoms with E-state index in [9.17, 15) is 4.39 Å². The Kier molecular flexibility index (Phi) is 5.50. The first-order valence-corrected chi connectivity index (χ1v) is 5.77. The lowest BCUT2D eigenvalue weighted by molar-refractivity contribution is 0.275. The largest absolute Gasteiger partial charge is 0.491 e. The van der Waals surface area contributed by atoms with Crippen molar-refractivity contribution in [1.82, 2.24) is 0 Å². The van der Waals surface area contributed by atoms with E-state index in [4.69, 9.17) is 9.68 Å². The van der Waals surface area contributed by atoms with Crippen LogP contribution in [0.2, 0.25) is 0 Å². The van der Waals surface area contributed by atoms with Gasteiger partial charge in [0.15, 0.2) is 0 Å². The third-order valence-electron chi connectivity index (χ3n) is 2.47. The Morgan fingerprint density at radius 3 is 2.62 bits per heavy atom. The predicted octanol–water partition coefficient (Wildman–Crippen LogP) is 2.24. The Morgan fingerprint density at radius 1 is 1.38 bits per heavy atom. The minimum Gasteiger partial charge on any atom is -0.423 e. The molecule has 2 nitrogen and oxygen atoms in total. The van der Waals surface area contributed by atoms with E-state index in [0.29, 0.717) is 12.1 Å². The van der Waals surface area contributed by atoms with Crippen molar-refractivity contribution in [2.24, 2.45) is 0 Å². The van der Waals surface area contributed by atoms with Gasteiger partial charge in [-0.05, 0) is 23.2 Å². The van der Waals surface area contributed by atoms with Gasteiger partial charge in [0.05, 0.1) is 6.61 Å². The molecule has 0 atom stereocenters. The second-order valence-electron chi connectivity index (χ2n) is 3.86. The van der Waals surface area contributed by atoms with Crippen molar-refractivity contribution in [2.75, 3.05) is 0 Å². The van der Waals surface area contributed by atoms with Crippen molar-refractivity contribution in [3.05, 3.63) is 29.6 Å². The molecule has 0 amide bonds. The maximum atomic E-state index is 12.6. The summed E-state index contributed by atoms with van der Waals surface area (Å²) in [7, 11) is -0.870. The van der Waals surface area contributed by atoms with Crippen molar-refractivity contribution in [2.45, 2.75) is 39.7 Å². The fourth-order valence-electron chi connectivity index (χ4n) is 1.55. The Balaban J connectivity index is 0.000000221. The first-order chi connectivity index (χ1) is 7.69. The van der Waals surface area contributed by atoms with Crippen LogP contribution in [0.3, 0.4) is 0 Å². The molecule has 1 aliphatic rings. The van der Waals surface area contributed by atoms with Crippen molar-refractivity contribution in [3.8, 4) is 0 Å². The van der Waals surface area contributed by atoms with E-state index in [1.165, 1.54) is 31.4 Å². The standard InChI is InChI=1S/C7H6BFO2.C5H12/c9-6-1-2-7-5(3-6)4-11-8(7)10;1-3-5-4-2/h1-3,10H,4H2;3-5H2,1-2H3. The Labute approximate surface area is 96.6 Å². The monoisotopic (exact) mass is 224 g/mol. The van der Waals surface area contributed by atoms with E-state index in [0.717, 1.165) is 5.56 Å². The molecule has 1 N–H and O–H groups in total. The minimum atomic E-state index is -0.870. The van der Waals surface area contributed by atoms with Crippen LogP contribution in [0.4, 0.5) is 4.39 Å². The summed E-state index contributed by atoms with van der Waals surface area (Å²) >= 11 is 0. The van der Waals surface area contributed by atoms with Crippen LogP contribution in [0, 0.1) is 5.82 Å². The topological polar surface area (TPSA) is 29.5 Å². The normalized spacial score (nSPS) is 13.1. The zero-order chi connectivity index (χ0) is 12.0. The van der Waals surface area contributed by atoms with Crippen LogP contribution in [0.25, 0.3) is 0 Å². The first-order valence-electron chi connectivity index (χ1n) is 5.77. The first kappa shape index (κ1) is 13.2. The molecule has 16 heavy (non-hydrogen) atoms. The van der Waals surface area contributed by atoms with Crippen molar-refractivity contribution >= 4 is 12.6 Å². The molecule has 1 heterocycles. The van der Waals surface area contributed by atoms with Gasteiger partial charge in [0, 0.05) is 0 Å². The Hall–Kier alpha value is -0.865. The average Bonchev–Trinajstić information content (AvgIpc) is 2.62. The van der Waals surface area contributed by atoms with E-state index in [1.807, 2.05) is 0 Å². The number of unbranched alkanes of at least 4 members (excludes halogenated alkanes) is 2. The van der Waals surface area contributed by atoms with Crippen molar-refractivity contribution in [3.63, 3.8) is 0 Å². The molecule has 0 bridgehead atoms. The summed E-state index contributed by atoms with van der Waals surface area (Å²) in [5.74, 6) is -0.290. The van der Waals surface area contributed by atoms with E-state index >= 15 is 0 Å². The fourth-order valence-corrected chi connectivity index (χ4v) is 1.55. The molecule has 1 aromatic rings. The second-order valence-corrected chi connectivity index (χ2v) is 3.86. The summed E-state index contributed by atoms with van der Waals surface area (Å²) in [6, 6.07) is 4.24. The highest BCUT2D eigenvalue weighted by Gasteiger charge is 2.26. The van der Waals surface area contributed by atoms with Crippen molar-refractivity contribution in [1.29, 1.82) is 0 Å². The van der Waals surface area contributed by atoms with Gasteiger partial charge >= 0.3 is 7.12 Å². The molecular weight excluding hydrogens is 206 g/mol. The Bertz CT molecular complexity index is 329. The van der Waals surface area contributed by atoms with E-state index in [1.54, 1.807) is 6.07 Å². The van der Waals surface area contributed by atoms with Gasteiger partial charge in [0.1, 0.15) is 5.82 Å². The summed E-state index contributed by atoms with van der Waals surface area (Å²) in [4.78, 5) is 0. The molecule has 0 aliphatic carbocycles. The molecule has 1 aromatic carbocycles. The van der Waals surface area contributed by atoms with Gasteiger partial charge in [-0.3, -0.25) is 0 Å². The van der Waals surface area contributed by atoms with Gasteiger partial charge in [-0.2, -0.15) is 0 Å².